The van der Waals surface area contributed by atoms with Gasteiger partial charge in [0.15, 0.2) is 11.5 Å². The molecule has 0 aromatic heterocycles. The molecule has 1 aromatic carbocycles. The maximum absolute atomic E-state index is 6.34. The van der Waals surface area contributed by atoms with Crippen molar-refractivity contribution in [2.24, 2.45) is 5.92 Å². The molecule has 1 fully saturated rings. The fraction of sp³-hybridized carbons (Fsp3) is 0.571. The third-order valence-electron chi connectivity index (χ3n) is 3.00. The zero-order chi connectivity index (χ0) is 13.1. The molecule has 0 spiro atoms. The van der Waals surface area contributed by atoms with Crippen LogP contribution in [0.5, 0.6) is 11.5 Å². The Bertz CT molecular complexity index is 419. The van der Waals surface area contributed by atoms with Crippen molar-refractivity contribution in [1.29, 1.82) is 0 Å². The van der Waals surface area contributed by atoms with Crippen molar-refractivity contribution in [1.82, 2.24) is 0 Å². The van der Waals surface area contributed by atoms with Crippen LogP contribution in [-0.4, -0.2) is 13.2 Å². The van der Waals surface area contributed by atoms with Crippen molar-refractivity contribution in [2.75, 3.05) is 13.2 Å². The van der Waals surface area contributed by atoms with E-state index < -0.39 is 0 Å². The molecule has 100 valence electrons. The van der Waals surface area contributed by atoms with Gasteiger partial charge in [-0.1, -0.05) is 27.5 Å². The molecule has 0 saturated heterocycles. The summed E-state index contributed by atoms with van der Waals surface area (Å²) in [4.78, 5) is 0.319. The van der Waals surface area contributed by atoms with Gasteiger partial charge in [0.25, 0.3) is 0 Å². The minimum absolute atomic E-state index is 0.319. The van der Waals surface area contributed by atoms with Crippen molar-refractivity contribution in [2.45, 2.75) is 31.5 Å². The van der Waals surface area contributed by atoms with Crippen LogP contribution in [0.25, 0.3) is 0 Å². The van der Waals surface area contributed by atoms with Gasteiger partial charge in [-0.2, -0.15) is 0 Å². The highest BCUT2D eigenvalue weighted by atomic mass is 79.9. The van der Waals surface area contributed by atoms with E-state index in [9.17, 15) is 0 Å². The molecule has 1 aliphatic rings. The highest BCUT2D eigenvalue weighted by molar-refractivity contribution is 9.09. The maximum atomic E-state index is 6.34. The van der Waals surface area contributed by atoms with Gasteiger partial charge in [0.1, 0.15) is 0 Å². The Morgan fingerprint density at radius 3 is 2.28 bits per heavy atom. The van der Waals surface area contributed by atoms with Crippen LogP contribution in [0.2, 0.25) is 5.02 Å². The Balaban J connectivity index is 2.32. The molecule has 2 nitrogen and oxygen atoms in total. The first-order valence-corrected chi connectivity index (χ1v) is 7.69. The number of alkyl halides is 1. The minimum Gasteiger partial charge on any atom is -0.490 e. The maximum Gasteiger partial charge on any atom is 0.162 e. The van der Waals surface area contributed by atoms with Crippen LogP contribution >= 0.6 is 27.5 Å². The van der Waals surface area contributed by atoms with E-state index >= 15 is 0 Å². The van der Waals surface area contributed by atoms with E-state index in [4.69, 9.17) is 21.1 Å². The van der Waals surface area contributed by atoms with Crippen molar-refractivity contribution in [3.63, 3.8) is 0 Å². The van der Waals surface area contributed by atoms with E-state index in [-0.39, 0.29) is 0 Å². The molecule has 0 bridgehead atoms. The number of benzene rings is 1. The lowest BCUT2D eigenvalue weighted by atomic mass is 10.1. The average Bonchev–Trinajstić information content (AvgIpc) is 3.16. The van der Waals surface area contributed by atoms with E-state index in [1.165, 1.54) is 12.8 Å². The Morgan fingerprint density at radius 1 is 1.22 bits per heavy atom. The zero-order valence-electron chi connectivity index (χ0n) is 10.7. The first-order valence-electron chi connectivity index (χ1n) is 6.40. The lowest BCUT2D eigenvalue weighted by Crippen LogP contribution is -2.01. The Kier molecular flexibility index (Phi) is 4.79. The monoisotopic (exact) mass is 332 g/mol. The molecule has 1 atom stereocenters. The standard InChI is InChI=1S/C14H18BrClO2/c1-3-17-12-7-10(14(15)9-5-6-9)11(16)8-13(12)18-4-2/h7-9,14H,3-6H2,1-2H3. The number of halogens is 2. The summed E-state index contributed by atoms with van der Waals surface area (Å²) in [6.45, 7) is 5.15. The van der Waals surface area contributed by atoms with Gasteiger partial charge in [0.05, 0.1) is 13.2 Å². The van der Waals surface area contributed by atoms with Crippen LogP contribution in [0, 0.1) is 5.92 Å². The number of ether oxygens (including phenoxy) is 2. The van der Waals surface area contributed by atoms with Gasteiger partial charge in [-0.3, -0.25) is 0 Å². The second-order valence-corrected chi connectivity index (χ2v) is 5.82. The van der Waals surface area contributed by atoms with Crippen LogP contribution < -0.4 is 9.47 Å². The minimum atomic E-state index is 0.319. The molecular formula is C14H18BrClO2. The van der Waals surface area contributed by atoms with Gasteiger partial charge >= 0.3 is 0 Å². The molecule has 0 amide bonds. The van der Waals surface area contributed by atoms with Gasteiger partial charge in [-0.25, -0.2) is 0 Å². The third kappa shape index (κ3) is 3.12. The normalized spacial score (nSPS) is 16.4. The third-order valence-corrected chi connectivity index (χ3v) is 4.56. The van der Waals surface area contributed by atoms with Crippen LogP contribution in [0.4, 0.5) is 0 Å². The fourth-order valence-corrected chi connectivity index (χ4v) is 3.25. The lowest BCUT2D eigenvalue weighted by Gasteiger charge is -2.16. The second-order valence-electron chi connectivity index (χ2n) is 4.43. The molecule has 0 radical (unpaired) electrons. The van der Waals surface area contributed by atoms with E-state index in [0.29, 0.717) is 24.0 Å². The van der Waals surface area contributed by atoms with E-state index in [1.807, 2.05) is 26.0 Å². The number of hydrogen-bond donors (Lipinski definition) is 0. The molecule has 1 aromatic rings. The van der Waals surface area contributed by atoms with Crippen molar-refractivity contribution < 1.29 is 9.47 Å². The van der Waals surface area contributed by atoms with Gasteiger partial charge < -0.3 is 9.47 Å². The van der Waals surface area contributed by atoms with Crippen molar-refractivity contribution in [3.8, 4) is 11.5 Å². The van der Waals surface area contributed by atoms with Gasteiger partial charge in [0, 0.05) is 15.9 Å². The zero-order valence-corrected chi connectivity index (χ0v) is 13.1. The fourth-order valence-electron chi connectivity index (χ4n) is 1.94. The van der Waals surface area contributed by atoms with Crippen LogP contribution in [0.15, 0.2) is 12.1 Å². The molecule has 18 heavy (non-hydrogen) atoms. The molecule has 0 N–H and O–H groups in total. The van der Waals surface area contributed by atoms with Crippen molar-refractivity contribution >= 4 is 27.5 Å². The van der Waals surface area contributed by atoms with E-state index in [0.717, 1.165) is 22.1 Å². The highest BCUT2D eigenvalue weighted by Crippen LogP contribution is 2.49. The summed E-state index contributed by atoms with van der Waals surface area (Å²) in [6, 6.07) is 3.87. The molecule has 4 heteroatoms. The summed E-state index contributed by atoms with van der Waals surface area (Å²) >= 11 is 10.1. The molecule has 1 unspecified atom stereocenters. The quantitative estimate of drug-likeness (QED) is 0.683. The van der Waals surface area contributed by atoms with Gasteiger partial charge in [0.2, 0.25) is 0 Å². The van der Waals surface area contributed by atoms with Crippen LogP contribution in [0.3, 0.4) is 0 Å². The van der Waals surface area contributed by atoms with Crippen molar-refractivity contribution in [3.05, 3.63) is 22.7 Å². The predicted octanol–water partition coefficient (Wildman–Crippen LogP) is 4.98. The Labute approximate surface area is 122 Å². The number of hydrogen-bond acceptors (Lipinski definition) is 2. The van der Waals surface area contributed by atoms with Gasteiger partial charge in [-0.15, -0.1) is 0 Å². The summed E-state index contributed by atoms with van der Waals surface area (Å²) in [6.07, 6.45) is 2.53. The summed E-state index contributed by atoms with van der Waals surface area (Å²) in [5.74, 6) is 2.21. The SMILES string of the molecule is CCOc1cc(Cl)c(C(Br)C2CC2)cc1OCC. The second kappa shape index (κ2) is 6.16. The first-order chi connectivity index (χ1) is 8.67. The predicted molar refractivity (Wildman–Crippen MR) is 78.2 cm³/mol. The summed E-state index contributed by atoms with van der Waals surface area (Å²) in [7, 11) is 0. The lowest BCUT2D eigenvalue weighted by molar-refractivity contribution is 0.287. The van der Waals surface area contributed by atoms with Crippen LogP contribution in [-0.2, 0) is 0 Å². The highest BCUT2D eigenvalue weighted by Gasteiger charge is 2.32. The Hall–Kier alpha value is -0.410. The summed E-state index contributed by atoms with van der Waals surface area (Å²) in [5, 5.41) is 0.746. The topological polar surface area (TPSA) is 18.5 Å². The average molecular weight is 334 g/mol. The Morgan fingerprint density at radius 2 is 1.78 bits per heavy atom. The molecule has 1 saturated carbocycles. The molecular weight excluding hydrogens is 316 g/mol. The molecule has 0 aliphatic heterocycles. The summed E-state index contributed by atoms with van der Waals surface area (Å²) < 4.78 is 11.2. The first kappa shape index (κ1) is 14.0. The smallest absolute Gasteiger partial charge is 0.162 e. The molecule has 1 aliphatic carbocycles. The molecule has 2 rings (SSSR count). The molecule has 0 heterocycles. The largest absolute Gasteiger partial charge is 0.490 e. The number of rotatable bonds is 6. The van der Waals surface area contributed by atoms with E-state index in [1.54, 1.807) is 0 Å². The van der Waals surface area contributed by atoms with Gasteiger partial charge in [-0.05, 0) is 44.2 Å². The van der Waals surface area contributed by atoms with E-state index in [2.05, 4.69) is 15.9 Å². The van der Waals surface area contributed by atoms with Crippen LogP contribution in [0.1, 0.15) is 37.1 Å². The summed E-state index contributed by atoms with van der Waals surface area (Å²) in [5.41, 5.74) is 1.10.